The van der Waals surface area contributed by atoms with Gasteiger partial charge in [-0.15, -0.1) is 0 Å². The summed E-state index contributed by atoms with van der Waals surface area (Å²) in [6.45, 7) is 5.72. The molecule has 1 aliphatic carbocycles. The van der Waals surface area contributed by atoms with E-state index >= 15 is 0 Å². The van der Waals surface area contributed by atoms with Crippen LogP contribution in [0.3, 0.4) is 0 Å². The minimum atomic E-state index is -0.206. The van der Waals surface area contributed by atoms with E-state index in [2.05, 4.69) is 17.3 Å². The van der Waals surface area contributed by atoms with E-state index in [0.717, 1.165) is 13.0 Å². The smallest absolute Gasteiger partial charge is 0.287 e. The zero-order valence-corrected chi connectivity index (χ0v) is 11.8. The summed E-state index contributed by atoms with van der Waals surface area (Å²) in [5, 5.41) is 7.64. The van der Waals surface area contributed by atoms with E-state index in [1.54, 1.807) is 6.20 Å². The summed E-state index contributed by atoms with van der Waals surface area (Å²) in [6, 6.07) is 0. The van der Waals surface area contributed by atoms with E-state index in [0.29, 0.717) is 17.6 Å². The third kappa shape index (κ3) is 2.69. The van der Waals surface area contributed by atoms with E-state index in [-0.39, 0.29) is 10.6 Å². The van der Waals surface area contributed by atoms with Crippen molar-refractivity contribution in [3.8, 4) is 0 Å². The molecule has 0 amide bonds. The van der Waals surface area contributed by atoms with Crippen molar-refractivity contribution in [2.24, 2.45) is 5.41 Å². The van der Waals surface area contributed by atoms with Gasteiger partial charge in [0.1, 0.15) is 5.02 Å². The number of halogens is 1. The van der Waals surface area contributed by atoms with Gasteiger partial charge in [0.05, 0.1) is 11.9 Å². The van der Waals surface area contributed by atoms with E-state index < -0.39 is 0 Å². The quantitative estimate of drug-likeness (QED) is 0.894. The highest BCUT2D eigenvalue weighted by atomic mass is 35.5. The molecule has 5 heteroatoms. The Morgan fingerprint density at radius 1 is 1.56 bits per heavy atom. The van der Waals surface area contributed by atoms with Crippen molar-refractivity contribution >= 4 is 17.3 Å². The highest BCUT2D eigenvalue weighted by Gasteiger charge is 2.31. The standard InChI is InChI=1S/C13H20ClN3O/c1-3-7-17-12(18)11(14)10(8-16-17)15-9-13(2)5-4-6-13/h8,15H,3-7,9H2,1-2H3. The fourth-order valence-corrected chi connectivity index (χ4v) is 2.44. The molecule has 18 heavy (non-hydrogen) atoms. The minimum absolute atomic E-state index is 0.206. The lowest BCUT2D eigenvalue weighted by Gasteiger charge is -2.38. The number of anilines is 1. The van der Waals surface area contributed by atoms with Gasteiger partial charge in [0.2, 0.25) is 0 Å². The van der Waals surface area contributed by atoms with Crippen LogP contribution < -0.4 is 10.9 Å². The molecule has 2 rings (SSSR count). The average molecular weight is 270 g/mol. The first-order valence-electron chi connectivity index (χ1n) is 6.55. The lowest BCUT2D eigenvalue weighted by Crippen LogP contribution is -2.34. The van der Waals surface area contributed by atoms with Crippen molar-refractivity contribution in [1.82, 2.24) is 9.78 Å². The molecule has 1 aromatic heterocycles. The molecule has 0 unspecified atom stereocenters. The molecule has 0 bridgehead atoms. The van der Waals surface area contributed by atoms with Crippen LogP contribution in [-0.4, -0.2) is 16.3 Å². The second kappa shape index (κ2) is 5.31. The maximum Gasteiger partial charge on any atom is 0.287 e. The Morgan fingerprint density at radius 3 is 2.83 bits per heavy atom. The van der Waals surface area contributed by atoms with Crippen LogP contribution >= 0.6 is 11.6 Å². The number of aryl methyl sites for hydroxylation is 1. The van der Waals surface area contributed by atoms with Crippen molar-refractivity contribution in [3.05, 3.63) is 21.6 Å². The Hall–Kier alpha value is -1.03. The van der Waals surface area contributed by atoms with Gasteiger partial charge in [-0.2, -0.15) is 5.10 Å². The zero-order valence-electron chi connectivity index (χ0n) is 11.0. The maximum atomic E-state index is 11.9. The molecular formula is C13H20ClN3O. The summed E-state index contributed by atoms with van der Waals surface area (Å²) < 4.78 is 1.42. The number of nitrogens with zero attached hydrogens (tertiary/aromatic N) is 2. The first kappa shape index (κ1) is 13.4. The summed E-state index contributed by atoms with van der Waals surface area (Å²) in [5.41, 5.74) is 0.797. The fraction of sp³-hybridized carbons (Fsp3) is 0.692. The average Bonchev–Trinajstić information content (AvgIpc) is 2.32. The molecule has 100 valence electrons. The molecule has 0 saturated heterocycles. The third-order valence-electron chi connectivity index (χ3n) is 3.69. The Labute approximate surface area is 112 Å². The molecule has 1 fully saturated rings. The second-order valence-electron chi connectivity index (χ2n) is 5.42. The van der Waals surface area contributed by atoms with Gasteiger partial charge in [0, 0.05) is 13.1 Å². The van der Waals surface area contributed by atoms with Gasteiger partial charge in [-0.3, -0.25) is 4.79 Å². The summed E-state index contributed by atoms with van der Waals surface area (Å²) in [6.07, 6.45) is 6.29. The summed E-state index contributed by atoms with van der Waals surface area (Å²) in [7, 11) is 0. The molecule has 1 N–H and O–H groups in total. The first-order valence-corrected chi connectivity index (χ1v) is 6.93. The Morgan fingerprint density at radius 2 is 2.28 bits per heavy atom. The number of hydrogen-bond acceptors (Lipinski definition) is 3. The molecule has 1 saturated carbocycles. The highest BCUT2D eigenvalue weighted by molar-refractivity contribution is 6.32. The molecule has 0 aromatic carbocycles. The van der Waals surface area contributed by atoms with Crippen molar-refractivity contribution in [1.29, 1.82) is 0 Å². The molecule has 0 atom stereocenters. The lowest BCUT2D eigenvalue weighted by atomic mass is 9.70. The molecule has 1 aromatic rings. The highest BCUT2D eigenvalue weighted by Crippen LogP contribution is 2.40. The predicted molar refractivity (Wildman–Crippen MR) is 74.2 cm³/mol. The van der Waals surface area contributed by atoms with Gasteiger partial charge in [-0.25, -0.2) is 4.68 Å². The van der Waals surface area contributed by atoms with Crippen LogP contribution in [0.1, 0.15) is 39.5 Å². The van der Waals surface area contributed by atoms with E-state index in [1.807, 2.05) is 6.92 Å². The van der Waals surface area contributed by atoms with E-state index in [9.17, 15) is 4.79 Å². The Balaban J connectivity index is 2.09. The van der Waals surface area contributed by atoms with Gasteiger partial charge >= 0.3 is 0 Å². The molecular weight excluding hydrogens is 250 g/mol. The van der Waals surface area contributed by atoms with Gasteiger partial charge < -0.3 is 5.32 Å². The van der Waals surface area contributed by atoms with Crippen molar-refractivity contribution < 1.29 is 0 Å². The first-order chi connectivity index (χ1) is 8.56. The van der Waals surface area contributed by atoms with Crippen LogP contribution in [-0.2, 0) is 6.54 Å². The van der Waals surface area contributed by atoms with Gasteiger partial charge in [0.25, 0.3) is 5.56 Å². The fourth-order valence-electron chi connectivity index (χ4n) is 2.23. The molecule has 0 radical (unpaired) electrons. The number of nitrogens with one attached hydrogen (secondary N) is 1. The summed E-state index contributed by atoms with van der Waals surface area (Å²) >= 11 is 6.09. The van der Waals surface area contributed by atoms with Crippen molar-refractivity contribution in [3.63, 3.8) is 0 Å². The predicted octanol–water partition coefficient (Wildman–Crippen LogP) is 2.91. The van der Waals surface area contributed by atoms with Crippen LogP contribution in [0.25, 0.3) is 0 Å². The number of hydrogen-bond donors (Lipinski definition) is 1. The molecule has 1 heterocycles. The van der Waals surface area contributed by atoms with Crippen LogP contribution in [0.5, 0.6) is 0 Å². The molecule has 4 nitrogen and oxygen atoms in total. The molecule has 0 aliphatic heterocycles. The minimum Gasteiger partial charge on any atom is -0.382 e. The van der Waals surface area contributed by atoms with E-state index in [4.69, 9.17) is 11.6 Å². The van der Waals surface area contributed by atoms with Crippen LogP contribution in [0, 0.1) is 5.41 Å². The monoisotopic (exact) mass is 269 g/mol. The number of aromatic nitrogens is 2. The third-order valence-corrected chi connectivity index (χ3v) is 4.05. The Bertz CT molecular complexity index is 480. The molecule has 1 aliphatic rings. The zero-order chi connectivity index (χ0) is 13.2. The van der Waals surface area contributed by atoms with Gasteiger partial charge in [-0.1, -0.05) is 31.9 Å². The molecule has 0 spiro atoms. The maximum absolute atomic E-state index is 11.9. The SMILES string of the molecule is CCCn1ncc(NCC2(C)CCC2)c(Cl)c1=O. The van der Waals surface area contributed by atoms with Crippen molar-refractivity contribution in [2.75, 3.05) is 11.9 Å². The Kier molecular flexibility index (Phi) is 3.95. The van der Waals surface area contributed by atoms with Crippen LogP contribution in [0.2, 0.25) is 5.02 Å². The summed E-state index contributed by atoms with van der Waals surface area (Å²) in [5.74, 6) is 0. The van der Waals surface area contributed by atoms with Crippen molar-refractivity contribution in [2.45, 2.75) is 46.1 Å². The van der Waals surface area contributed by atoms with E-state index in [1.165, 1.54) is 23.9 Å². The van der Waals surface area contributed by atoms with Gasteiger partial charge in [-0.05, 0) is 24.7 Å². The topological polar surface area (TPSA) is 46.9 Å². The van der Waals surface area contributed by atoms with Crippen LogP contribution in [0.15, 0.2) is 11.0 Å². The van der Waals surface area contributed by atoms with Gasteiger partial charge in [0.15, 0.2) is 0 Å². The largest absolute Gasteiger partial charge is 0.382 e. The lowest BCUT2D eigenvalue weighted by molar-refractivity contribution is 0.180. The second-order valence-corrected chi connectivity index (χ2v) is 5.80. The normalized spacial score (nSPS) is 17.3. The van der Waals surface area contributed by atoms with Crippen LogP contribution in [0.4, 0.5) is 5.69 Å². The summed E-state index contributed by atoms with van der Waals surface area (Å²) in [4.78, 5) is 11.9. The number of rotatable bonds is 5.